The molecule has 1 saturated heterocycles. The van der Waals surface area contributed by atoms with Crippen molar-refractivity contribution in [1.82, 2.24) is 30.1 Å². The Morgan fingerprint density at radius 3 is 2.91 bits per heavy atom. The van der Waals surface area contributed by atoms with E-state index in [1.54, 1.807) is 23.3 Å². The maximum atomic E-state index is 11.1. The van der Waals surface area contributed by atoms with Gasteiger partial charge in [0.15, 0.2) is 0 Å². The molecule has 2 N–H and O–H groups in total. The van der Waals surface area contributed by atoms with Crippen molar-refractivity contribution in [1.29, 1.82) is 0 Å². The van der Waals surface area contributed by atoms with Gasteiger partial charge in [0.2, 0.25) is 0 Å². The van der Waals surface area contributed by atoms with Crippen molar-refractivity contribution >= 4 is 17.6 Å². The minimum atomic E-state index is -0.779. The molecule has 0 unspecified atom stereocenters. The van der Waals surface area contributed by atoms with Crippen LogP contribution in [-0.2, 0) is 11.3 Å². The number of halogens is 1. The summed E-state index contributed by atoms with van der Waals surface area (Å²) >= 11 is 5.85. The number of aromatic amines is 1. The first-order valence-corrected chi connectivity index (χ1v) is 7.47. The summed E-state index contributed by atoms with van der Waals surface area (Å²) in [7, 11) is 0. The normalized spacial score (nSPS) is 22.2. The maximum absolute atomic E-state index is 11.1. The summed E-state index contributed by atoms with van der Waals surface area (Å²) in [5.74, 6) is -0.640. The lowest BCUT2D eigenvalue weighted by Crippen LogP contribution is -2.26. The molecular weight excluding hydrogens is 308 g/mol. The molecule has 0 saturated carbocycles. The van der Waals surface area contributed by atoms with E-state index in [-0.39, 0.29) is 18.3 Å². The molecule has 1 aliphatic rings. The first-order valence-electron chi connectivity index (χ1n) is 7.09. The summed E-state index contributed by atoms with van der Waals surface area (Å²) in [5.41, 5.74) is 0.830. The number of rotatable bonds is 6. The molecule has 22 heavy (non-hydrogen) atoms. The van der Waals surface area contributed by atoms with Crippen molar-refractivity contribution < 1.29 is 9.90 Å². The average molecular weight is 325 g/mol. The van der Waals surface area contributed by atoms with Crippen molar-refractivity contribution in [3.63, 3.8) is 0 Å². The van der Waals surface area contributed by atoms with Crippen LogP contribution in [-0.4, -0.2) is 60.8 Å². The van der Waals surface area contributed by atoms with Gasteiger partial charge in [0.05, 0.1) is 36.1 Å². The highest BCUT2D eigenvalue weighted by Gasteiger charge is 2.36. The SMILES string of the molecule is O=C(O)C[C@H]1CN(CCn2cc(Cl)cn2)C[C@H]1c1cn[nH]n1. The summed E-state index contributed by atoms with van der Waals surface area (Å²) < 4.78 is 1.79. The Labute approximate surface area is 132 Å². The molecule has 0 bridgehead atoms. The predicted octanol–water partition coefficient (Wildman–Crippen LogP) is 0.845. The number of hydrogen-bond donors (Lipinski definition) is 2. The summed E-state index contributed by atoms with van der Waals surface area (Å²) in [4.78, 5) is 13.3. The number of nitrogens with one attached hydrogen (secondary N) is 1. The van der Waals surface area contributed by atoms with Crippen LogP contribution in [0.1, 0.15) is 18.0 Å². The zero-order chi connectivity index (χ0) is 15.5. The van der Waals surface area contributed by atoms with Crippen molar-refractivity contribution in [2.75, 3.05) is 19.6 Å². The van der Waals surface area contributed by atoms with E-state index in [1.807, 2.05) is 0 Å². The number of likely N-dealkylation sites (tertiary alicyclic amines) is 1. The fourth-order valence-electron chi connectivity index (χ4n) is 3.00. The number of carbonyl (C=O) groups is 1. The van der Waals surface area contributed by atoms with Crippen LogP contribution in [0, 0.1) is 5.92 Å². The smallest absolute Gasteiger partial charge is 0.303 e. The van der Waals surface area contributed by atoms with E-state index in [2.05, 4.69) is 25.4 Å². The molecule has 2 aromatic heterocycles. The van der Waals surface area contributed by atoms with Crippen LogP contribution in [0.25, 0.3) is 0 Å². The molecule has 1 fully saturated rings. The van der Waals surface area contributed by atoms with Crippen LogP contribution >= 0.6 is 11.6 Å². The van der Waals surface area contributed by atoms with Crippen molar-refractivity contribution in [2.24, 2.45) is 5.92 Å². The van der Waals surface area contributed by atoms with Gasteiger partial charge in [0.1, 0.15) is 0 Å². The van der Waals surface area contributed by atoms with Gasteiger partial charge in [-0.2, -0.15) is 20.5 Å². The van der Waals surface area contributed by atoms with Crippen LogP contribution in [0.2, 0.25) is 5.02 Å². The van der Waals surface area contributed by atoms with Crippen molar-refractivity contribution in [3.05, 3.63) is 29.3 Å². The molecule has 3 rings (SSSR count). The molecule has 8 nitrogen and oxygen atoms in total. The largest absolute Gasteiger partial charge is 0.481 e. The highest BCUT2D eigenvalue weighted by molar-refractivity contribution is 6.30. The second-order valence-corrected chi connectivity index (χ2v) is 5.98. The van der Waals surface area contributed by atoms with Gasteiger partial charge in [0.25, 0.3) is 0 Å². The second kappa shape index (κ2) is 6.45. The molecular formula is C13H17ClN6O2. The zero-order valence-corrected chi connectivity index (χ0v) is 12.6. The molecule has 2 atom stereocenters. The third-order valence-electron chi connectivity index (χ3n) is 4.01. The van der Waals surface area contributed by atoms with Crippen LogP contribution < -0.4 is 0 Å². The zero-order valence-electron chi connectivity index (χ0n) is 11.9. The number of carboxylic acids is 1. The number of aliphatic carboxylic acids is 1. The van der Waals surface area contributed by atoms with Gasteiger partial charge in [0, 0.05) is 31.7 Å². The monoisotopic (exact) mass is 324 g/mol. The molecule has 0 radical (unpaired) electrons. The van der Waals surface area contributed by atoms with Gasteiger partial charge in [-0.05, 0) is 5.92 Å². The molecule has 118 valence electrons. The maximum Gasteiger partial charge on any atom is 0.303 e. The standard InChI is InChI=1S/C13H17ClN6O2/c14-10-4-16-20(7-10)2-1-19-6-9(3-13(21)22)11(8-19)12-5-15-18-17-12/h4-5,7,9,11H,1-3,6,8H2,(H,21,22)(H,15,17,18)/t9-,11+/m0/s1. The number of H-pyrrole nitrogens is 1. The highest BCUT2D eigenvalue weighted by Crippen LogP contribution is 2.33. The lowest BCUT2D eigenvalue weighted by molar-refractivity contribution is -0.138. The summed E-state index contributed by atoms with van der Waals surface area (Å²) in [6, 6.07) is 0. The Balaban J connectivity index is 1.63. The highest BCUT2D eigenvalue weighted by atomic mass is 35.5. The van der Waals surface area contributed by atoms with E-state index in [4.69, 9.17) is 16.7 Å². The van der Waals surface area contributed by atoms with Gasteiger partial charge in [-0.15, -0.1) is 0 Å². The lowest BCUT2D eigenvalue weighted by Gasteiger charge is -2.15. The number of aromatic nitrogens is 5. The van der Waals surface area contributed by atoms with Gasteiger partial charge in [-0.3, -0.25) is 9.48 Å². The third-order valence-corrected chi connectivity index (χ3v) is 4.21. The van der Waals surface area contributed by atoms with Gasteiger partial charge < -0.3 is 10.0 Å². The quantitative estimate of drug-likeness (QED) is 0.817. The van der Waals surface area contributed by atoms with Crippen LogP contribution in [0.4, 0.5) is 0 Å². The van der Waals surface area contributed by atoms with Crippen molar-refractivity contribution in [2.45, 2.75) is 18.9 Å². The van der Waals surface area contributed by atoms with Crippen LogP contribution in [0.3, 0.4) is 0 Å². The lowest BCUT2D eigenvalue weighted by atomic mass is 9.91. The minimum Gasteiger partial charge on any atom is -0.481 e. The molecule has 3 heterocycles. The van der Waals surface area contributed by atoms with E-state index in [0.29, 0.717) is 5.02 Å². The number of carboxylic acid groups (broad SMARTS) is 1. The number of nitrogens with zero attached hydrogens (tertiary/aromatic N) is 5. The molecule has 0 aliphatic carbocycles. The topological polar surface area (TPSA) is 99.9 Å². The molecule has 1 aliphatic heterocycles. The fourth-order valence-corrected chi connectivity index (χ4v) is 3.16. The second-order valence-electron chi connectivity index (χ2n) is 5.54. The van der Waals surface area contributed by atoms with E-state index in [0.717, 1.165) is 31.9 Å². The van der Waals surface area contributed by atoms with E-state index < -0.39 is 5.97 Å². The summed E-state index contributed by atoms with van der Waals surface area (Å²) in [6.07, 6.45) is 5.20. The Hall–Kier alpha value is -1.93. The van der Waals surface area contributed by atoms with Gasteiger partial charge in [-0.1, -0.05) is 11.6 Å². The Morgan fingerprint density at radius 2 is 2.27 bits per heavy atom. The first kappa shape index (κ1) is 15.0. The van der Waals surface area contributed by atoms with Crippen molar-refractivity contribution in [3.8, 4) is 0 Å². The predicted molar refractivity (Wildman–Crippen MR) is 78.5 cm³/mol. The van der Waals surface area contributed by atoms with E-state index in [1.165, 1.54) is 0 Å². The van der Waals surface area contributed by atoms with Gasteiger partial charge >= 0.3 is 5.97 Å². The average Bonchev–Trinajstić information content (AvgIpc) is 3.16. The van der Waals surface area contributed by atoms with E-state index in [9.17, 15) is 4.79 Å². The Bertz CT molecular complexity index is 628. The minimum absolute atomic E-state index is 0.0452. The van der Waals surface area contributed by atoms with Crippen LogP contribution in [0.15, 0.2) is 18.6 Å². The van der Waals surface area contributed by atoms with Crippen LogP contribution in [0.5, 0.6) is 0 Å². The molecule has 0 aromatic carbocycles. The molecule has 2 aromatic rings. The third kappa shape index (κ3) is 3.45. The Morgan fingerprint density at radius 1 is 1.41 bits per heavy atom. The molecule has 9 heteroatoms. The van der Waals surface area contributed by atoms with Gasteiger partial charge in [-0.25, -0.2) is 0 Å². The van der Waals surface area contributed by atoms with E-state index >= 15 is 0 Å². The Kier molecular flexibility index (Phi) is 4.39. The summed E-state index contributed by atoms with van der Waals surface area (Å²) in [5, 5.41) is 24.4. The fraction of sp³-hybridized carbons (Fsp3) is 0.538. The molecule has 0 spiro atoms. The summed E-state index contributed by atoms with van der Waals surface area (Å²) in [6.45, 7) is 3.03. The first-order chi connectivity index (χ1) is 10.6. The number of hydrogen-bond acceptors (Lipinski definition) is 5. The molecule has 0 amide bonds.